The first-order valence-electron chi connectivity index (χ1n) is 9.11. The molecular formula is C21H25N3OS2. The predicted molar refractivity (Wildman–Crippen MR) is 114 cm³/mol. The van der Waals surface area contributed by atoms with Crippen LogP contribution >= 0.6 is 23.1 Å². The summed E-state index contributed by atoms with van der Waals surface area (Å²) in [5.41, 5.74) is 8.64. The smallest absolute Gasteiger partial charge is 0.235 e. The van der Waals surface area contributed by atoms with Crippen molar-refractivity contribution in [2.45, 2.75) is 44.9 Å². The van der Waals surface area contributed by atoms with Crippen molar-refractivity contribution < 1.29 is 4.79 Å². The molecule has 0 fully saturated rings. The standard InChI is InChI=1S/C21H25N3OS2/c1-21(2,3)13-8-9-14-15(11-22)20(27-18(14)10-13)24-19(25)12-26-17-7-5-4-6-16(17)23/h4-7,13H,8-10,12,23H2,1-3H3,(H,24,25). The summed E-state index contributed by atoms with van der Waals surface area (Å²) in [4.78, 5) is 14.6. The number of thioether (sulfide) groups is 1. The van der Waals surface area contributed by atoms with E-state index in [1.807, 2.05) is 24.3 Å². The second-order valence-electron chi connectivity index (χ2n) is 8.00. The Morgan fingerprint density at radius 3 is 2.81 bits per heavy atom. The van der Waals surface area contributed by atoms with E-state index >= 15 is 0 Å². The van der Waals surface area contributed by atoms with Gasteiger partial charge in [-0.2, -0.15) is 5.26 Å². The Morgan fingerprint density at radius 2 is 2.15 bits per heavy atom. The normalized spacial score (nSPS) is 16.4. The van der Waals surface area contributed by atoms with Crippen LogP contribution in [0.1, 0.15) is 43.2 Å². The predicted octanol–water partition coefficient (Wildman–Crippen LogP) is 5.08. The molecule has 0 radical (unpaired) electrons. The average Bonchev–Trinajstić information content (AvgIpc) is 2.96. The first-order valence-corrected chi connectivity index (χ1v) is 10.9. The van der Waals surface area contributed by atoms with Crippen LogP contribution in [0.15, 0.2) is 29.2 Å². The van der Waals surface area contributed by atoms with Crippen LogP contribution < -0.4 is 11.1 Å². The van der Waals surface area contributed by atoms with Crippen molar-refractivity contribution in [2.75, 3.05) is 16.8 Å². The second kappa shape index (κ2) is 7.95. The number of nitrogens with zero attached hydrogens (tertiary/aromatic N) is 1. The van der Waals surface area contributed by atoms with Crippen molar-refractivity contribution in [3.05, 3.63) is 40.3 Å². The summed E-state index contributed by atoms with van der Waals surface area (Å²) in [5.74, 6) is 0.771. The van der Waals surface area contributed by atoms with Gasteiger partial charge in [0.25, 0.3) is 0 Å². The number of fused-ring (bicyclic) bond motifs is 1. The molecule has 0 aliphatic heterocycles. The Hall–Kier alpha value is -1.97. The zero-order chi connectivity index (χ0) is 19.6. The topological polar surface area (TPSA) is 78.9 Å². The molecule has 27 heavy (non-hydrogen) atoms. The minimum Gasteiger partial charge on any atom is -0.398 e. The van der Waals surface area contributed by atoms with Crippen LogP contribution in [0, 0.1) is 22.7 Å². The number of nitrogens with one attached hydrogen (secondary N) is 1. The van der Waals surface area contributed by atoms with Gasteiger partial charge in [0, 0.05) is 15.5 Å². The highest BCUT2D eigenvalue weighted by Crippen LogP contribution is 2.44. The van der Waals surface area contributed by atoms with Crippen LogP contribution in [0.4, 0.5) is 10.7 Å². The van der Waals surface area contributed by atoms with Crippen molar-refractivity contribution in [1.82, 2.24) is 0 Å². The van der Waals surface area contributed by atoms with Crippen LogP contribution in [0.5, 0.6) is 0 Å². The third-order valence-electron chi connectivity index (χ3n) is 5.13. The number of anilines is 2. The monoisotopic (exact) mass is 399 g/mol. The zero-order valence-corrected chi connectivity index (χ0v) is 17.6. The molecular weight excluding hydrogens is 374 g/mol. The first-order chi connectivity index (χ1) is 12.8. The molecule has 1 amide bonds. The summed E-state index contributed by atoms with van der Waals surface area (Å²) in [5, 5.41) is 13.3. The van der Waals surface area contributed by atoms with Crippen LogP contribution in [0.25, 0.3) is 0 Å². The number of amides is 1. The van der Waals surface area contributed by atoms with Gasteiger partial charge in [0.1, 0.15) is 11.1 Å². The first kappa shape index (κ1) is 19.8. The molecule has 142 valence electrons. The van der Waals surface area contributed by atoms with E-state index in [1.54, 1.807) is 11.3 Å². The number of benzene rings is 1. The highest BCUT2D eigenvalue weighted by molar-refractivity contribution is 8.00. The maximum absolute atomic E-state index is 12.4. The lowest BCUT2D eigenvalue weighted by Gasteiger charge is -2.33. The Bertz CT molecular complexity index is 890. The molecule has 2 aromatic rings. The Labute approximate surface area is 169 Å². The zero-order valence-electron chi connectivity index (χ0n) is 16.0. The van der Waals surface area contributed by atoms with Crippen LogP contribution in [0.3, 0.4) is 0 Å². The van der Waals surface area contributed by atoms with Gasteiger partial charge in [0.2, 0.25) is 5.91 Å². The Morgan fingerprint density at radius 1 is 1.41 bits per heavy atom. The SMILES string of the molecule is CC(C)(C)C1CCc2c(sc(NC(=O)CSc3ccccc3N)c2C#N)C1. The molecule has 1 aliphatic rings. The molecule has 1 aromatic heterocycles. The molecule has 3 rings (SSSR count). The molecule has 3 N–H and O–H groups in total. The maximum Gasteiger partial charge on any atom is 0.235 e. The third kappa shape index (κ3) is 4.48. The minimum absolute atomic E-state index is 0.106. The van der Waals surface area contributed by atoms with E-state index in [9.17, 15) is 10.1 Å². The van der Waals surface area contributed by atoms with Gasteiger partial charge in [-0.25, -0.2) is 0 Å². The highest BCUT2D eigenvalue weighted by atomic mass is 32.2. The molecule has 1 aliphatic carbocycles. The summed E-state index contributed by atoms with van der Waals surface area (Å²) < 4.78 is 0. The second-order valence-corrected chi connectivity index (χ2v) is 10.1. The van der Waals surface area contributed by atoms with Gasteiger partial charge >= 0.3 is 0 Å². The molecule has 1 heterocycles. The minimum atomic E-state index is -0.106. The molecule has 4 nitrogen and oxygen atoms in total. The van der Waals surface area contributed by atoms with E-state index < -0.39 is 0 Å². The fraction of sp³-hybridized carbons (Fsp3) is 0.429. The average molecular weight is 400 g/mol. The molecule has 0 bridgehead atoms. The molecule has 6 heteroatoms. The molecule has 1 unspecified atom stereocenters. The van der Waals surface area contributed by atoms with E-state index in [0.29, 0.717) is 22.2 Å². The number of nitrogen functional groups attached to an aromatic ring is 1. The van der Waals surface area contributed by atoms with Crippen molar-refractivity contribution in [2.24, 2.45) is 11.3 Å². The van der Waals surface area contributed by atoms with E-state index in [2.05, 4.69) is 32.2 Å². The number of carbonyl (C=O) groups excluding carboxylic acids is 1. The lowest BCUT2D eigenvalue weighted by Crippen LogP contribution is -2.26. The van der Waals surface area contributed by atoms with Crippen LogP contribution in [0.2, 0.25) is 0 Å². The summed E-state index contributed by atoms with van der Waals surface area (Å²) in [6.45, 7) is 6.82. The third-order valence-corrected chi connectivity index (χ3v) is 7.39. The van der Waals surface area contributed by atoms with Gasteiger partial charge in [0.05, 0.1) is 11.3 Å². The van der Waals surface area contributed by atoms with Crippen molar-refractivity contribution in [3.8, 4) is 6.07 Å². The van der Waals surface area contributed by atoms with Gasteiger partial charge in [-0.1, -0.05) is 32.9 Å². The molecule has 1 atom stereocenters. The molecule has 1 aromatic carbocycles. The van der Waals surface area contributed by atoms with Gasteiger partial charge in [0.15, 0.2) is 0 Å². The van der Waals surface area contributed by atoms with E-state index in [1.165, 1.54) is 16.6 Å². The van der Waals surface area contributed by atoms with Crippen molar-refractivity contribution in [3.63, 3.8) is 0 Å². The van der Waals surface area contributed by atoms with Gasteiger partial charge in [-0.3, -0.25) is 4.79 Å². The van der Waals surface area contributed by atoms with Crippen molar-refractivity contribution in [1.29, 1.82) is 5.26 Å². The highest BCUT2D eigenvalue weighted by Gasteiger charge is 2.32. The fourth-order valence-electron chi connectivity index (χ4n) is 3.45. The Balaban J connectivity index is 1.71. The number of nitrogens with two attached hydrogens (primary N) is 1. The van der Waals surface area contributed by atoms with Crippen molar-refractivity contribution >= 4 is 39.7 Å². The largest absolute Gasteiger partial charge is 0.398 e. The number of para-hydroxylation sites is 1. The number of thiophene rings is 1. The summed E-state index contributed by atoms with van der Waals surface area (Å²) in [6, 6.07) is 9.83. The molecule has 0 saturated heterocycles. The van der Waals surface area contributed by atoms with E-state index in [-0.39, 0.29) is 17.1 Å². The number of hydrogen-bond acceptors (Lipinski definition) is 5. The number of hydrogen-bond donors (Lipinski definition) is 2. The number of rotatable bonds is 4. The number of nitriles is 1. The fourth-order valence-corrected chi connectivity index (χ4v) is 5.51. The summed E-state index contributed by atoms with van der Waals surface area (Å²) >= 11 is 2.98. The molecule has 0 saturated carbocycles. The summed E-state index contributed by atoms with van der Waals surface area (Å²) in [7, 11) is 0. The molecule has 0 spiro atoms. The lowest BCUT2D eigenvalue weighted by molar-refractivity contribution is -0.113. The van der Waals surface area contributed by atoms with Crippen LogP contribution in [-0.2, 0) is 17.6 Å². The van der Waals surface area contributed by atoms with Gasteiger partial charge in [-0.05, 0) is 48.3 Å². The summed E-state index contributed by atoms with van der Waals surface area (Å²) in [6.07, 6.45) is 3.00. The Kier molecular flexibility index (Phi) is 5.83. The lowest BCUT2D eigenvalue weighted by atomic mass is 9.72. The number of carbonyl (C=O) groups is 1. The van der Waals surface area contributed by atoms with E-state index in [0.717, 1.165) is 29.7 Å². The maximum atomic E-state index is 12.4. The van der Waals surface area contributed by atoms with Crippen LogP contribution in [-0.4, -0.2) is 11.7 Å². The van der Waals surface area contributed by atoms with Gasteiger partial charge < -0.3 is 11.1 Å². The quantitative estimate of drug-likeness (QED) is 0.555. The van der Waals surface area contributed by atoms with Gasteiger partial charge in [-0.15, -0.1) is 23.1 Å². The van der Waals surface area contributed by atoms with E-state index in [4.69, 9.17) is 5.73 Å².